The molecule has 1 aromatic carbocycles. The van der Waals surface area contributed by atoms with Gasteiger partial charge in [-0.15, -0.1) is 0 Å². The van der Waals surface area contributed by atoms with Crippen LogP contribution < -0.4 is 4.90 Å². The first kappa shape index (κ1) is 14.2. The molecule has 0 amide bonds. The summed E-state index contributed by atoms with van der Waals surface area (Å²) < 4.78 is 52.8. The standard InChI is InChI=1S/C12H15F2NO3S/c1-9-8-15(6-7-18-9)10-2-4-11(5-3-10)19(16,17)12(13)14/h2-5,9,12H,6-8H2,1H3/t9-/m1/s1. The maximum atomic E-state index is 12.4. The molecule has 0 N–H and O–H groups in total. The van der Waals surface area contributed by atoms with E-state index in [1.54, 1.807) is 12.1 Å². The Balaban J connectivity index is 2.19. The van der Waals surface area contributed by atoms with Crippen LogP contribution in [0.15, 0.2) is 29.2 Å². The minimum Gasteiger partial charge on any atom is -0.375 e. The van der Waals surface area contributed by atoms with Crippen molar-refractivity contribution in [3.63, 3.8) is 0 Å². The molecule has 2 rings (SSSR count). The second-order valence-corrected chi connectivity index (χ2v) is 6.34. The lowest BCUT2D eigenvalue weighted by Gasteiger charge is -2.33. The third-order valence-corrected chi connectivity index (χ3v) is 4.40. The second kappa shape index (κ2) is 5.42. The van der Waals surface area contributed by atoms with Crippen molar-refractivity contribution in [2.45, 2.75) is 23.7 Å². The number of sulfone groups is 1. The topological polar surface area (TPSA) is 46.6 Å². The van der Waals surface area contributed by atoms with E-state index in [9.17, 15) is 17.2 Å². The first-order valence-corrected chi connectivity index (χ1v) is 7.44. The van der Waals surface area contributed by atoms with Crippen molar-refractivity contribution in [3.05, 3.63) is 24.3 Å². The molecule has 0 bridgehead atoms. The fraction of sp³-hybridized carbons (Fsp3) is 0.500. The smallest absolute Gasteiger partial charge is 0.341 e. The zero-order valence-corrected chi connectivity index (χ0v) is 11.2. The number of hydrogen-bond donors (Lipinski definition) is 0. The van der Waals surface area contributed by atoms with Crippen LogP contribution in [0.2, 0.25) is 0 Å². The minimum atomic E-state index is -4.51. The predicted molar refractivity (Wildman–Crippen MR) is 67.3 cm³/mol. The number of benzene rings is 1. The maximum Gasteiger partial charge on any atom is 0.341 e. The Morgan fingerprint density at radius 2 is 1.95 bits per heavy atom. The molecular weight excluding hydrogens is 276 g/mol. The summed E-state index contributed by atoms with van der Waals surface area (Å²) in [7, 11) is -4.51. The lowest BCUT2D eigenvalue weighted by atomic mass is 10.2. The van der Waals surface area contributed by atoms with Crippen molar-refractivity contribution in [2.75, 3.05) is 24.6 Å². The fourth-order valence-electron chi connectivity index (χ4n) is 2.00. The van der Waals surface area contributed by atoms with E-state index in [4.69, 9.17) is 4.74 Å². The summed E-state index contributed by atoms with van der Waals surface area (Å²) in [4.78, 5) is 1.68. The molecule has 7 heteroatoms. The van der Waals surface area contributed by atoms with Gasteiger partial charge in [-0.05, 0) is 31.2 Å². The van der Waals surface area contributed by atoms with Gasteiger partial charge in [0.25, 0.3) is 0 Å². The first-order valence-electron chi connectivity index (χ1n) is 5.90. The molecule has 1 aliphatic rings. The number of hydrogen-bond acceptors (Lipinski definition) is 4. The number of anilines is 1. The van der Waals surface area contributed by atoms with E-state index in [2.05, 4.69) is 0 Å². The van der Waals surface area contributed by atoms with Gasteiger partial charge in [0.1, 0.15) is 0 Å². The second-order valence-electron chi connectivity index (χ2n) is 4.43. The van der Waals surface area contributed by atoms with Crippen LogP contribution in [0.4, 0.5) is 14.5 Å². The van der Waals surface area contributed by atoms with Crippen molar-refractivity contribution in [1.82, 2.24) is 0 Å². The third-order valence-electron chi connectivity index (χ3n) is 3.01. The number of nitrogens with zero attached hydrogens (tertiary/aromatic N) is 1. The van der Waals surface area contributed by atoms with E-state index in [1.165, 1.54) is 12.1 Å². The monoisotopic (exact) mass is 291 g/mol. The summed E-state index contributed by atoms with van der Waals surface area (Å²) >= 11 is 0. The van der Waals surface area contributed by atoms with Gasteiger partial charge in [-0.25, -0.2) is 8.42 Å². The van der Waals surface area contributed by atoms with Crippen LogP contribution >= 0.6 is 0 Å². The Hall–Kier alpha value is -1.21. The van der Waals surface area contributed by atoms with E-state index >= 15 is 0 Å². The lowest BCUT2D eigenvalue weighted by molar-refractivity contribution is 0.0532. The predicted octanol–water partition coefficient (Wildman–Crippen LogP) is 1.91. The molecule has 106 valence electrons. The van der Waals surface area contributed by atoms with Gasteiger partial charge >= 0.3 is 5.76 Å². The molecule has 4 nitrogen and oxygen atoms in total. The highest BCUT2D eigenvalue weighted by Crippen LogP contribution is 2.23. The number of halogens is 2. The molecule has 19 heavy (non-hydrogen) atoms. The van der Waals surface area contributed by atoms with E-state index < -0.39 is 15.6 Å². The average Bonchev–Trinajstić information content (AvgIpc) is 2.38. The number of morpholine rings is 1. The Kier molecular flexibility index (Phi) is 4.05. The van der Waals surface area contributed by atoms with E-state index in [0.29, 0.717) is 19.7 Å². The Labute approximate surface area is 110 Å². The molecule has 1 heterocycles. The lowest BCUT2D eigenvalue weighted by Crippen LogP contribution is -2.41. The molecular formula is C12H15F2NO3S. The molecule has 0 saturated carbocycles. The summed E-state index contributed by atoms with van der Waals surface area (Å²) in [6, 6.07) is 5.54. The van der Waals surface area contributed by atoms with Crippen molar-refractivity contribution < 1.29 is 21.9 Å². The van der Waals surface area contributed by atoms with Crippen molar-refractivity contribution in [3.8, 4) is 0 Å². The van der Waals surface area contributed by atoms with Gasteiger partial charge in [0.15, 0.2) is 0 Å². The largest absolute Gasteiger partial charge is 0.375 e. The molecule has 0 aliphatic carbocycles. The van der Waals surface area contributed by atoms with Crippen LogP contribution in [-0.4, -0.2) is 40.0 Å². The third kappa shape index (κ3) is 3.03. The molecule has 1 aromatic rings. The van der Waals surface area contributed by atoms with Gasteiger partial charge in [-0.1, -0.05) is 0 Å². The quantitative estimate of drug-likeness (QED) is 0.853. The van der Waals surface area contributed by atoms with Gasteiger partial charge in [-0.2, -0.15) is 8.78 Å². The molecule has 1 atom stereocenters. The molecule has 0 unspecified atom stereocenters. The Morgan fingerprint density at radius 1 is 1.32 bits per heavy atom. The zero-order valence-electron chi connectivity index (χ0n) is 10.4. The van der Waals surface area contributed by atoms with Crippen LogP contribution in [0.5, 0.6) is 0 Å². The normalized spacial score (nSPS) is 20.8. The average molecular weight is 291 g/mol. The van der Waals surface area contributed by atoms with E-state index in [-0.39, 0.29) is 11.0 Å². The first-order chi connectivity index (χ1) is 8.91. The van der Waals surface area contributed by atoms with Gasteiger partial charge in [0.2, 0.25) is 9.84 Å². The molecule has 1 saturated heterocycles. The Bertz CT molecular complexity index is 530. The van der Waals surface area contributed by atoms with Crippen LogP contribution in [-0.2, 0) is 14.6 Å². The van der Waals surface area contributed by atoms with E-state index in [0.717, 1.165) is 5.69 Å². The maximum absolute atomic E-state index is 12.4. The fourth-order valence-corrected chi connectivity index (χ4v) is 2.72. The van der Waals surface area contributed by atoms with Crippen LogP contribution in [0.3, 0.4) is 0 Å². The van der Waals surface area contributed by atoms with E-state index in [1.807, 2.05) is 11.8 Å². The van der Waals surface area contributed by atoms with Gasteiger partial charge in [0.05, 0.1) is 17.6 Å². The number of ether oxygens (including phenoxy) is 1. The summed E-state index contributed by atoms with van der Waals surface area (Å²) in [5, 5.41) is 0. The van der Waals surface area contributed by atoms with Crippen LogP contribution in [0, 0.1) is 0 Å². The SMILES string of the molecule is C[C@@H]1CN(c2ccc(S(=O)(=O)C(F)F)cc2)CCO1. The molecule has 1 fully saturated rings. The highest BCUT2D eigenvalue weighted by atomic mass is 32.2. The summed E-state index contributed by atoms with van der Waals surface area (Å²) in [6.07, 6.45) is 0.0956. The highest BCUT2D eigenvalue weighted by molar-refractivity contribution is 7.91. The summed E-state index contributed by atoms with van der Waals surface area (Å²) in [5.74, 6) is -3.39. The Morgan fingerprint density at radius 3 is 2.47 bits per heavy atom. The molecule has 1 aliphatic heterocycles. The van der Waals surface area contributed by atoms with Crippen molar-refractivity contribution in [1.29, 1.82) is 0 Å². The van der Waals surface area contributed by atoms with Gasteiger partial charge < -0.3 is 9.64 Å². The minimum absolute atomic E-state index is 0.0956. The van der Waals surface area contributed by atoms with Crippen molar-refractivity contribution in [2.24, 2.45) is 0 Å². The number of alkyl halides is 2. The summed E-state index contributed by atoms with van der Waals surface area (Å²) in [5.41, 5.74) is 0.809. The number of rotatable bonds is 3. The molecule has 0 aromatic heterocycles. The highest BCUT2D eigenvalue weighted by Gasteiger charge is 2.26. The summed E-state index contributed by atoms with van der Waals surface area (Å²) in [6.45, 7) is 3.94. The van der Waals surface area contributed by atoms with Crippen LogP contribution in [0.1, 0.15) is 6.92 Å². The van der Waals surface area contributed by atoms with Gasteiger partial charge in [0, 0.05) is 18.8 Å². The molecule has 0 spiro atoms. The van der Waals surface area contributed by atoms with Crippen LogP contribution in [0.25, 0.3) is 0 Å². The molecule has 0 radical (unpaired) electrons. The zero-order chi connectivity index (χ0) is 14.0. The van der Waals surface area contributed by atoms with Crippen molar-refractivity contribution >= 4 is 15.5 Å². The van der Waals surface area contributed by atoms with Gasteiger partial charge in [-0.3, -0.25) is 0 Å².